The Morgan fingerprint density at radius 1 is 1.67 bits per heavy atom. The molecule has 0 aliphatic heterocycles. The van der Waals surface area contributed by atoms with Gasteiger partial charge in [-0.3, -0.25) is 4.79 Å². The highest BCUT2D eigenvalue weighted by Crippen LogP contribution is 2.09. The molecule has 0 saturated carbocycles. The van der Waals surface area contributed by atoms with Crippen molar-refractivity contribution in [3.63, 3.8) is 0 Å². The molecule has 0 radical (unpaired) electrons. The molecule has 4 nitrogen and oxygen atoms in total. The van der Waals surface area contributed by atoms with E-state index >= 15 is 0 Å². The van der Waals surface area contributed by atoms with Crippen LogP contribution in [-0.2, 0) is 9.53 Å². The topological polar surface area (TPSA) is 55.6 Å². The fraction of sp³-hybridized carbons (Fsp3) is 0.727. The van der Waals surface area contributed by atoms with Gasteiger partial charge in [-0.25, -0.2) is 0 Å². The zero-order valence-corrected chi connectivity index (χ0v) is 9.95. The van der Waals surface area contributed by atoms with E-state index in [9.17, 15) is 4.79 Å². The Labute approximate surface area is 92.1 Å². The molecule has 0 heterocycles. The highest BCUT2D eigenvalue weighted by atomic mass is 16.5. The predicted molar refractivity (Wildman–Crippen MR) is 61.5 cm³/mol. The second-order valence-corrected chi connectivity index (χ2v) is 3.80. The molecular formula is C11H22N2O2. The van der Waals surface area contributed by atoms with Crippen molar-refractivity contribution in [2.24, 2.45) is 5.73 Å². The van der Waals surface area contributed by atoms with E-state index in [1.807, 2.05) is 6.92 Å². The van der Waals surface area contributed by atoms with Gasteiger partial charge >= 0.3 is 0 Å². The number of nitrogens with zero attached hydrogens (tertiary/aromatic N) is 1. The quantitative estimate of drug-likeness (QED) is 0.637. The van der Waals surface area contributed by atoms with E-state index in [-0.39, 0.29) is 5.91 Å². The number of carbonyl (C=O) groups excluding carboxylic acids is 1. The molecule has 88 valence electrons. The first-order valence-corrected chi connectivity index (χ1v) is 5.17. The second-order valence-electron chi connectivity index (χ2n) is 3.80. The largest absolute Gasteiger partial charge is 0.383 e. The first-order valence-electron chi connectivity index (χ1n) is 5.17. The molecule has 0 rings (SSSR count). The van der Waals surface area contributed by atoms with Crippen molar-refractivity contribution in [3.05, 3.63) is 12.7 Å². The van der Waals surface area contributed by atoms with Crippen molar-refractivity contribution in [1.82, 2.24) is 4.90 Å². The Morgan fingerprint density at radius 2 is 2.27 bits per heavy atom. The van der Waals surface area contributed by atoms with Gasteiger partial charge in [0, 0.05) is 20.2 Å². The van der Waals surface area contributed by atoms with E-state index in [1.165, 1.54) is 0 Å². The molecule has 0 bridgehead atoms. The van der Waals surface area contributed by atoms with Gasteiger partial charge in [0.05, 0.1) is 12.1 Å². The molecule has 0 aromatic heterocycles. The summed E-state index contributed by atoms with van der Waals surface area (Å²) in [5.41, 5.74) is 5.10. The van der Waals surface area contributed by atoms with E-state index in [0.29, 0.717) is 26.1 Å². The first-order chi connectivity index (χ1) is 6.99. The SMILES string of the molecule is C=CCN(CCOC)C(=O)C(C)(N)CC. The third-order valence-corrected chi connectivity index (χ3v) is 2.43. The van der Waals surface area contributed by atoms with Crippen LogP contribution in [0.2, 0.25) is 0 Å². The van der Waals surface area contributed by atoms with E-state index in [4.69, 9.17) is 10.5 Å². The maximum Gasteiger partial charge on any atom is 0.242 e. The minimum absolute atomic E-state index is 0.0537. The van der Waals surface area contributed by atoms with Gasteiger partial charge in [0.1, 0.15) is 0 Å². The molecule has 15 heavy (non-hydrogen) atoms. The van der Waals surface area contributed by atoms with Gasteiger partial charge in [0.15, 0.2) is 0 Å². The number of amides is 1. The van der Waals surface area contributed by atoms with E-state index < -0.39 is 5.54 Å². The lowest BCUT2D eigenvalue weighted by molar-refractivity contribution is -0.136. The zero-order valence-electron chi connectivity index (χ0n) is 9.95. The second kappa shape index (κ2) is 6.58. The number of hydrogen-bond donors (Lipinski definition) is 1. The summed E-state index contributed by atoms with van der Waals surface area (Å²) >= 11 is 0. The van der Waals surface area contributed by atoms with Crippen LogP contribution in [0.25, 0.3) is 0 Å². The van der Waals surface area contributed by atoms with Crippen molar-refractivity contribution < 1.29 is 9.53 Å². The molecule has 0 fully saturated rings. The van der Waals surface area contributed by atoms with Crippen molar-refractivity contribution in [2.75, 3.05) is 26.8 Å². The lowest BCUT2D eigenvalue weighted by Crippen LogP contribution is -2.53. The van der Waals surface area contributed by atoms with Crippen LogP contribution in [0.3, 0.4) is 0 Å². The summed E-state index contributed by atoms with van der Waals surface area (Å²) in [4.78, 5) is 13.7. The summed E-state index contributed by atoms with van der Waals surface area (Å²) in [6.45, 7) is 8.85. The van der Waals surface area contributed by atoms with Crippen LogP contribution in [0.15, 0.2) is 12.7 Å². The maximum absolute atomic E-state index is 12.0. The van der Waals surface area contributed by atoms with Gasteiger partial charge in [-0.15, -0.1) is 6.58 Å². The van der Waals surface area contributed by atoms with E-state index in [2.05, 4.69) is 6.58 Å². The van der Waals surface area contributed by atoms with Gasteiger partial charge in [-0.2, -0.15) is 0 Å². The number of ether oxygens (including phenoxy) is 1. The van der Waals surface area contributed by atoms with Gasteiger partial charge in [-0.05, 0) is 13.3 Å². The van der Waals surface area contributed by atoms with Gasteiger partial charge in [-0.1, -0.05) is 13.0 Å². The zero-order chi connectivity index (χ0) is 11.9. The van der Waals surface area contributed by atoms with Crippen LogP contribution in [0, 0.1) is 0 Å². The molecule has 0 saturated heterocycles. The molecule has 0 aromatic rings. The van der Waals surface area contributed by atoms with Crippen molar-refractivity contribution in [1.29, 1.82) is 0 Å². The van der Waals surface area contributed by atoms with Crippen LogP contribution in [-0.4, -0.2) is 43.2 Å². The molecule has 0 aromatic carbocycles. The van der Waals surface area contributed by atoms with Crippen molar-refractivity contribution in [3.8, 4) is 0 Å². The molecule has 0 aliphatic rings. The Morgan fingerprint density at radius 3 is 2.67 bits per heavy atom. The smallest absolute Gasteiger partial charge is 0.242 e. The number of nitrogens with two attached hydrogens (primary N) is 1. The molecule has 4 heteroatoms. The van der Waals surface area contributed by atoms with Crippen LogP contribution in [0.4, 0.5) is 0 Å². The summed E-state index contributed by atoms with van der Waals surface area (Å²) in [5.74, 6) is -0.0537. The average Bonchev–Trinajstić information content (AvgIpc) is 2.23. The first kappa shape index (κ1) is 14.1. The molecule has 1 atom stereocenters. The van der Waals surface area contributed by atoms with Crippen molar-refractivity contribution in [2.45, 2.75) is 25.8 Å². The molecule has 1 amide bonds. The predicted octanol–water partition coefficient (Wildman–Crippen LogP) is 0.775. The summed E-state index contributed by atoms with van der Waals surface area (Å²) < 4.78 is 4.95. The Balaban J connectivity index is 4.46. The Hall–Kier alpha value is -0.870. The molecule has 0 spiro atoms. The molecule has 0 aliphatic carbocycles. The average molecular weight is 214 g/mol. The number of rotatable bonds is 7. The van der Waals surface area contributed by atoms with Gasteiger partial charge in [0.25, 0.3) is 0 Å². The lowest BCUT2D eigenvalue weighted by atomic mass is 9.98. The Kier molecular flexibility index (Phi) is 6.20. The lowest BCUT2D eigenvalue weighted by Gasteiger charge is -2.30. The summed E-state index contributed by atoms with van der Waals surface area (Å²) in [7, 11) is 1.61. The van der Waals surface area contributed by atoms with E-state index in [0.717, 1.165) is 0 Å². The summed E-state index contributed by atoms with van der Waals surface area (Å²) in [6, 6.07) is 0. The van der Waals surface area contributed by atoms with E-state index in [1.54, 1.807) is 25.0 Å². The monoisotopic (exact) mass is 214 g/mol. The third kappa shape index (κ3) is 4.44. The van der Waals surface area contributed by atoms with Crippen LogP contribution < -0.4 is 5.73 Å². The normalized spacial score (nSPS) is 14.4. The van der Waals surface area contributed by atoms with Gasteiger partial charge in [0.2, 0.25) is 5.91 Å². The minimum atomic E-state index is -0.795. The van der Waals surface area contributed by atoms with Crippen LogP contribution >= 0.6 is 0 Å². The summed E-state index contributed by atoms with van der Waals surface area (Å²) in [6.07, 6.45) is 2.31. The number of methoxy groups -OCH3 is 1. The molecule has 2 N–H and O–H groups in total. The molecular weight excluding hydrogens is 192 g/mol. The van der Waals surface area contributed by atoms with Crippen LogP contribution in [0.5, 0.6) is 0 Å². The third-order valence-electron chi connectivity index (χ3n) is 2.43. The fourth-order valence-electron chi connectivity index (χ4n) is 1.15. The number of hydrogen-bond acceptors (Lipinski definition) is 3. The highest BCUT2D eigenvalue weighted by molar-refractivity contribution is 5.85. The summed E-state index contributed by atoms with van der Waals surface area (Å²) in [5, 5.41) is 0. The fourth-order valence-corrected chi connectivity index (χ4v) is 1.15. The molecule has 1 unspecified atom stereocenters. The standard InChI is InChI=1S/C11H22N2O2/c1-5-7-13(8-9-15-4)10(14)11(3,12)6-2/h5H,1,6-9,12H2,2-4H3. The maximum atomic E-state index is 12.0. The highest BCUT2D eigenvalue weighted by Gasteiger charge is 2.29. The number of carbonyl (C=O) groups is 1. The minimum Gasteiger partial charge on any atom is -0.383 e. The van der Waals surface area contributed by atoms with Crippen molar-refractivity contribution >= 4 is 5.91 Å². The van der Waals surface area contributed by atoms with Crippen LogP contribution in [0.1, 0.15) is 20.3 Å². The van der Waals surface area contributed by atoms with Gasteiger partial charge < -0.3 is 15.4 Å². The Bertz CT molecular complexity index is 215.